The molecule has 0 radical (unpaired) electrons. The van der Waals surface area contributed by atoms with Crippen LogP contribution in [0.4, 0.5) is 0 Å². The molecule has 0 saturated carbocycles. The molecule has 26 heavy (non-hydrogen) atoms. The standard InChI is InChI=1S/C18H24N4O4/c1-3-5-15-19-18(26-22-15)7-4-6-16(23)20-21-17(24)12-25-14-10-8-13(2)9-11-14/h8-11H,3-7,12H2,1-2H3,(H,20,23)(H,21,24). The van der Waals surface area contributed by atoms with Crippen LogP contribution >= 0.6 is 0 Å². The molecule has 8 nitrogen and oxygen atoms in total. The molecule has 1 aromatic heterocycles. The maximum atomic E-state index is 11.7. The van der Waals surface area contributed by atoms with Crippen molar-refractivity contribution in [3.05, 3.63) is 41.5 Å². The summed E-state index contributed by atoms with van der Waals surface area (Å²) in [5, 5.41) is 3.86. The number of hydrogen-bond acceptors (Lipinski definition) is 6. The van der Waals surface area contributed by atoms with Crippen LogP contribution in [-0.2, 0) is 22.4 Å². The molecule has 0 saturated heterocycles. The first kappa shape index (κ1) is 19.4. The maximum Gasteiger partial charge on any atom is 0.276 e. The summed E-state index contributed by atoms with van der Waals surface area (Å²) >= 11 is 0. The molecule has 0 atom stereocenters. The summed E-state index contributed by atoms with van der Waals surface area (Å²) in [5.41, 5.74) is 5.78. The summed E-state index contributed by atoms with van der Waals surface area (Å²) < 4.78 is 10.4. The molecule has 0 aliphatic heterocycles. The molecular formula is C18H24N4O4. The van der Waals surface area contributed by atoms with Crippen LogP contribution in [0.5, 0.6) is 5.75 Å². The lowest BCUT2D eigenvalue weighted by Crippen LogP contribution is -2.43. The van der Waals surface area contributed by atoms with Gasteiger partial charge in [0, 0.05) is 19.3 Å². The predicted molar refractivity (Wildman–Crippen MR) is 94.2 cm³/mol. The number of amides is 2. The second-order valence-electron chi connectivity index (χ2n) is 5.91. The Balaban J connectivity index is 1.58. The van der Waals surface area contributed by atoms with Crippen LogP contribution in [0.15, 0.2) is 28.8 Å². The number of nitrogens with one attached hydrogen (secondary N) is 2. The molecule has 2 N–H and O–H groups in total. The third-order valence-corrected chi connectivity index (χ3v) is 3.51. The Morgan fingerprint density at radius 1 is 1.12 bits per heavy atom. The molecule has 1 heterocycles. The smallest absolute Gasteiger partial charge is 0.276 e. The molecule has 2 aromatic rings. The number of carbonyl (C=O) groups is 2. The van der Waals surface area contributed by atoms with Crippen molar-refractivity contribution in [2.75, 3.05) is 6.61 Å². The highest BCUT2D eigenvalue weighted by molar-refractivity contribution is 5.82. The summed E-state index contributed by atoms with van der Waals surface area (Å²) in [6.07, 6.45) is 3.05. The molecule has 2 rings (SSSR count). The first-order valence-corrected chi connectivity index (χ1v) is 8.65. The van der Waals surface area contributed by atoms with Gasteiger partial charge in [-0.2, -0.15) is 4.98 Å². The third kappa shape index (κ3) is 6.92. The van der Waals surface area contributed by atoms with E-state index in [1.54, 1.807) is 12.1 Å². The number of aromatic nitrogens is 2. The second kappa shape index (κ2) is 10.2. The molecule has 8 heteroatoms. The summed E-state index contributed by atoms with van der Waals surface area (Å²) in [7, 11) is 0. The minimum atomic E-state index is -0.431. The third-order valence-electron chi connectivity index (χ3n) is 3.51. The molecule has 0 bridgehead atoms. The van der Waals surface area contributed by atoms with Gasteiger partial charge in [0.1, 0.15) is 5.75 Å². The first-order chi connectivity index (χ1) is 12.6. The van der Waals surface area contributed by atoms with Gasteiger partial charge in [0.2, 0.25) is 11.8 Å². The van der Waals surface area contributed by atoms with Crippen LogP contribution in [0.25, 0.3) is 0 Å². The van der Waals surface area contributed by atoms with Gasteiger partial charge in [0.05, 0.1) is 0 Å². The van der Waals surface area contributed by atoms with Crippen molar-refractivity contribution in [2.24, 2.45) is 0 Å². The number of carbonyl (C=O) groups excluding carboxylic acids is 2. The van der Waals surface area contributed by atoms with E-state index in [0.29, 0.717) is 30.3 Å². The molecule has 0 spiro atoms. The van der Waals surface area contributed by atoms with E-state index in [4.69, 9.17) is 9.26 Å². The minimum absolute atomic E-state index is 0.175. The number of aryl methyl sites for hydroxylation is 3. The Morgan fingerprint density at radius 2 is 1.85 bits per heavy atom. The van der Waals surface area contributed by atoms with Crippen LogP contribution in [-0.4, -0.2) is 28.6 Å². The molecule has 1 aromatic carbocycles. The van der Waals surface area contributed by atoms with Gasteiger partial charge < -0.3 is 9.26 Å². The van der Waals surface area contributed by atoms with E-state index in [1.807, 2.05) is 26.0 Å². The topological polar surface area (TPSA) is 106 Å². The van der Waals surface area contributed by atoms with Crippen molar-refractivity contribution in [3.8, 4) is 5.75 Å². The Kier molecular flexibility index (Phi) is 7.60. The van der Waals surface area contributed by atoms with Crippen molar-refractivity contribution >= 4 is 11.8 Å². The molecular weight excluding hydrogens is 336 g/mol. The van der Waals surface area contributed by atoms with E-state index in [9.17, 15) is 9.59 Å². The maximum absolute atomic E-state index is 11.7. The van der Waals surface area contributed by atoms with Crippen molar-refractivity contribution < 1.29 is 18.8 Å². The van der Waals surface area contributed by atoms with Gasteiger partial charge in [-0.05, 0) is 31.9 Å². The van der Waals surface area contributed by atoms with Gasteiger partial charge in [-0.25, -0.2) is 0 Å². The van der Waals surface area contributed by atoms with Gasteiger partial charge >= 0.3 is 0 Å². The molecule has 140 valence electrons. The van der Waals surface area contributed by atoms with E-state index in [0.717, 1.165) is 18.4 Å². The number of hydrazine groups is 1. The first-order valence-electron chi connectivity index (χ1n) is 8.65. The van der Waals surface area contributed by atoms with Crippen molar-refractivity contribution in [1.82, 2.24) is 21.0 Å². The molecule has 0 aliphatic carbocycles. The van der Waals surface area contributed by atoms with Crippen LogP contribution in [0.3, 0.4) is 0 Å². The number of benzene rings is 1. The summed E-state index contributed by atoms with van der Waals surface area (Å²) in [4.78, 5) is 27.6. The van der Waals surface area contributed by atoms with Gasteiger partial charge in [0.15, 0.2) is 12.4 Å². The van der Waals surface area contributed by atoms with Crippen LogP contribution in [0.1, 0.15) is 43.5 Å². The van der Waals surface area contributed by atoms with Crippen molar-refractivity contribution in [2.45, 2.75) is 46.0 Å². The fourth-order valence-electron chi connectivity index (χ4n) is 2.14. The predicted octanol–water partition coefficient (Wildman–Crippen LogP) is 1.88. The van der Waals surface area contributed by atoms with E-state index in [1.165, 1.54) is 0 Å². The highest BCUT2D eigenvalue weighted by atomic mass is 16.5. The summed E-state index contributed by atoms with van der Waals surface area (Å²) in [6, 6.07) is 7.35. The monoisotopic (exact) mass is 360 g/mol. The summed E-state index contributed by atoms with van der Waals surface area (Å²) in [6.45, 7) is 3.83. The zero-order valence-electron chi connectivity index (χ0n) is 15.1. The number of rotatable bonds is 9. The van der Waals surface area contributed by atoms with Crippen molar-refractivity contribution in [1.29, 1.82) is 0 Å². The van der Waals surface area contributed by atoms with Gasteiger partial charge in [-0.15, -0.1) is 0 Å². The van der Waals surface area contributed by atoms with E-state index >= 15 is 0 Å². The second-order valence-corrected chi connectivity index (χ2v) is 5.91. The number of ether oxygens (including phenoxy) is 1. The molecule has 0 fully saturated rings. The lowest BCUT2D eigenvalue weighted by molar-refractivity contribution is -0.130. The van der Waals surface area contributed by atoms with Crippen LogP contribution in [0, 0.1) is 6.92 Å². The van der Waals surface area contributed by atoms with Gasteiger partial charge in [-0.3, -0.25) is 20.4 Å². The number of hydrogen-bond donors (Lipinski definition) is 2. The molecule has 2 amide bonds. The normalized spacial score (nSPS) is 10.4. The fourth-order valence-corrected chi connectivity index (χ4v) is 2.14. The molecule has 0 aliphatic rings. The zero-order chi connectivity index (χ0) is 18.8. The average molecular weight is 360 g/mol. The Labute approximate surface area is 152 Å². The highest BCUT2D eigenvalue weighted by Crippen LogP contribution is 2.10. The van der Waals surface area contributed by atoms with Crippen LogP contribution < -0.4 is 15.6 Å². The average Bonchev–Trinajstić information content (AvgIpc) is 3.07. The van der Waals surface area contributed by atoms with Crippen LogP contribution in [0.2, 0.25) is 0 Å². The lowest BCUT2D eigenvalue weighted by atomic mass is 10.2. The lowest BCUT2D eigenvalue weighted by Gasteiger charge is -2.08. The van der Waals surface area contributed by atoms with Gasteiger partial charge in [0.25, 0.3) is 5.91 Å². The van der Waals surface area contributed by atoms with Crippen molar-refractivity contribution in [3.63, 3.8) is 0 Å². The summed E-state index contributed by atoms with van der Waals surface area (Å²) in [5.74, 6) is 1.09. The Morgan fingerprint density at radius 3 is 2.58 bits per heavy atom. The van der Waals surface area contributed by atoms with E-state index in [2.05, 4.69) is 21.0 Å². The van der Waals surface area contributed by atoms with Gasteiger partial charge in [-0.1, -0.05) is 29.8 Å². The fraction of sp³-hybridized carbons (Fsp3) is 0.444. The molecule has 0 unspecified atom stereocenters. The zero-order valence-corrected chi connectivity index (χ0v) is 15.1. The minimum Gasteiger partial charge on any atom is -0.484 e. The van der Waals surface area contributed by atoms with E-state index in [-0.39, 0.29) is 18.9 Å². The Bertz CT molecular complexity index is 712. The highest BCUT2D eigenvalue weighted by Gasteiger charge is 2.09. The number of nitrogens with zero attached hydrogens (tertiary/aromatic N) is 2. The quantitative estimate of drug-likeness (QED) is 0.661. The van der Waals surface area contributed by atoms with E-state index < -0.39 is 5.91 Å². The Hall–Kier alpha value is -2.90. The largest absolute Gasteiger partial charge is 0.484 e. The SMILES string of the molecule is CCCc1noc(CCCC(=O)NNC(=O)COc2ccc(C)cc2)n1.